The summed E-state index contributed by atoms with van der Waals surface area (Å²) in [6.07, 6.45) is 3.88. The van der Waals surface area contributed by atoms with Crippen LogP contribution in [-0.2, 0) is 12.0 Å². The predicted molar refractivity (Wildman–Crippen MR) is 150 cm³/mol. The summed E-state index contributed by atoms with van der Waals surface area (Å²) < 4.78 is 44.0. The molecule has 2 aliphatic carbocycles. The lowest BCUT2D eigenvalue weighted by Gasteiger charge is -2.36. The highest BCUT2D eigenvalue weighted by Gasteiger charge is 2.51. The lowest BCUT2D eigenvalue weighted by Crippen LogP contribution is -2.48. The van der Waals surface area contributed by atoms with Crippen molar-refractivity contribution >= 4 is 17.5 Å². The third-order valence-corrected chi connectivity index (χ3v) is 9.63. The number of carbonyl (C=O) groups is 1. The van der Waals surface area contributed by atoms with E-state index in [1.165, 1.54) is 6.07 Å². The van der Waals surface area contributed by atoms with Crippen molar-refractivity contribution in [1.29, 1.82) is 0 Å². The van der Waals surface area contributed by atoms with Gasteiger partial charge in [0.05, 0.1) is 16.2 Å². The zero-order valence-corrected chi connectivity index (χ0v) is 23.4. The van der Waals surface area contributed by atoms with Crippen LogP contribution in [-0.4, -0.2) is 35.3 Å². The SMILES string of the molecule is CC1(O)CCC(NC[C@@]2(c3ccccc3)Cc3c(cc(F)c(Cl)c3-c3c(C(N)=O)cc4c(c3F)OC3CC43)O2)CC1. The van der Waals surface area contributed by atoms with Crippen molar-refractivity contribution in [2.45, 2.75) is 74.7 Å². The molecule has 3 aromatic carbocycles. The first-order valence-corrected chi connectivity index (χ1v) is 14.5. The third-order valence-electron chi connectivity index (χ3n) is 9.26. The van der Waals surface area contributed by atoms with Gasteiger partial charge in [0, 0.05) is 53.2 Å². The van der Waals surface area contributed by atoms with Crippen LogP contribution in [0.4, 0.5) is 8.78 Å². The van der Waals surface area contributed by atoms with Gasteiger partial charge >= 0.3 is 0 Å². The van der Waals surface area contributed by atoms with Crippen LogP contribution in [0, 0.1) is 11.6 Å². The molecule has 2 saturated carbocycles. The molecule has 3 aromatic rings. The van der Waals surface area contributed by atoms with Gasteiger partial charge in [0.2, 0.25) is 5.91 Å². The molecule has 41 heavy (non-hydrogen) atoms. The molecule has 0 bridgehead atoms. The normalized spacial score (nSPS) is 29.2. The van der Waals surface area contributed by atoms with Gasteiger partial charge in [-0.3, -0.25) is 4.79 Å². The zero-order chi connectivity index (χ0) is 28.7. The summed E-state index contributed by atoms with van der Waals surface area (Å²) in [7, 11) is 0. The molecule has 3 atom stereocenters. The second-order valence-corrected chi connectivity index (χ2v) is 12.6. The van der Waals surface area contributed by atoms with E-state index >= 15 is 8.78 Å². The second kappa shape index (κ2) is 9.41. The van der Waals surface area contributed by atoms with E-state index in [1.807, 2.05) is 37.3 Å². The maximum atomic E-state index is 16.2. The molecule has 214 valence electrons. The first-order valence-electron chi connectivity index (χ1n) is 14.1. The molecule has 4 aliphatic rings. The molecule has 4 N–H and O–H groups in total. The first kappa shape index (κ1) is 26.7. The monoisotopic (exact) mass is 580 g/mol. The van der Waals surface area contributed by atoms with E-state index in [1.54, 1.807) is 6.07 Å². The smallest absolute Gasteiger partial charge is 0.249 e. The van der Waals surface area contributed by atoms with Crippen LogP contribution in [0.1, 0.15) is 72.0 Å². The number of hydrogen-bond acceptors (Lipinski definition) is 5. The van der Waals surface area contributed by atoms with Gasteiger partial charge in [0.1, 0.15) is 17.7 Å². The summed E-state index contributed by atoms with van der Waals surface area (Å²) in [4.78, 5) is 12.7. The summed E-state index contributed by atoms with van der Waals surface area (Å²) in [5, 5.41) is 13.7. The predicted octanol–water partition coefficient (Wildman–Crippen LogP) is 5.75. The van der Waals surface area contributed by atoms with E-state index in [9.17, 15) is 9.90 Å². The molecule has 0 aromatic heterocycles. The molecule has 6 nitrogen and oxygen atoms in total. The minimum absolute atomic E-state index is 0.0315. The number of fused-ring (bicyclic) bond motifs is 4. The number of ether oxygens (including phenoxy) is 2. The Hall–Kier alpha value is -3.20. The average Bonchev–Trinajstić information content (AvgIpc) is 3.48. The molecule has 2 aliphatic heterocycles. The summed E-state index contributed by atoms with van der Waals surface area (Å²) in [5.41, 5.74) is 5.96. The van der Waals surface area contributed by atoms with Crippen molar-refractivity contribution in [3.63, 3.8) is 0 Å². The number of primary amides is 1. The van der Waals surface area contributed by atoms with E-state index in [0.29, 0.717) is 30.5 Å². The molecule has 2 unspecified atom stereocenters. The number of amides is 1. The van der Waals surface area contributed by atoms with Crippen LogP contribution in [0.25, 0.3) is 11.1 Å². The molecule has 0 radical (unpaired) electrons. The fourth-order valence-electron chi connectivity index (χ4n) is 6.82. The molecule has 1 amide bonds. The fraction of sp³-hybridized carbons (Fsp3) is 0.406. The van der Waals surface area contributed by atoms with Crippen LogP contribution in [0.2, 0.25) is 5.02 Å². The summed E-state index contributed by atoms with van der Waals surface area (Å²) in [5.74, 6) is -2.04. The highest BCUT2D eigenvalue weighted by Crippen LogP contribution is 2.57. The van der Waals surface area contributed by atoms with Crippen LogP contribution in [0.3, 0.4) is 0 Å². The van der Waals surface area contributed by atoms with E-state index in [2.05, 4.69) is 5.32 Å². The molecule has 9 heteroatoms. The van der Waals surface area contributed by atoms with E-state index in [-0.39, 0.29) is 57.7 Å². The quantitative estimate of drug-likeness (QED) is 0.345. The number of nitrogens with one attached hydrogen (secondary N) is 1. The van der Waals surface area contributed by atoms with Crippen LogP contribution in [0.5, 0.6) is 11.5 Å². The van der Waals surface area contributed by atoms with Gasteiger partial charge in [-0.2, -0.15) is 0 Å². The molecule has 2 heterocycles. The molecular weight excluding hydrogens is 550 g/mol. The zero-order valence-electron chi connectivity index (χ0n) is 22.6. The number of rotatable bonds is 6. The topological polar surface area (TPSA) is 93.8 Å². The molecule has 0 saturated heterocycles. The van der Waals surface area contributed by atoms with Gasteiger partial charge in [-0.15, -0.1) is 0 Å². The standard InChI is InChI=1S/C32H31ClF2N2O4/c1-31(39)9-7-17(8-10-31)37-15-32(16-5-3-2-4-6-16)14-21-24(41-32)13-22(34)27(33)25(21)26-20(30(36)38)11-19-18-12-23(18)40-29(19)28(26)35/h2-6,11,13,17-18,23,37,39H,7-10,12,14-15H2,1H3,(H2,36,38)/t17?,18?,23?,31?,32-/m1/s1. The number of carbonyl (C=O) groups excluding carboxylic acids is 1. The maximum absolute atomic E-state index is 16.2. The lowest BCUT2D eigenvalue weighted by molar-refractivity contribution is 0.0104. The number of hydrogen-bond donors (Lipinski definition) is 3. The van der Waals surface area contributed by atoms with Gasteiger partial charge in [-0.1, -0.05) is 41.9 Å². The third kappa shape index (κ3) is 4.39. The number of nitrogens with two attached hydrogens (primary N) is 1. The summed E-state index contributed by atoms with van der Waals surface area (Å²) in [6.45, 7) is 2.25. The van der Waals surface area contributed by atoms with Gasteiger partial charge < -0.3 is 25.6 Å². The Morgan fingerprint density at radius 1 is 1.17 bits per heavy atom. The van der Waals surface area contributed by atoms with Crippen molar-refractivity contribution in [2.24, 2.45) is 5.73 Å². The first-order chi connectivity index (χ1) is 19.6. The fourth-order valence-corrected chi connectivity index (χ4v) is 7.09. The van der Waals surface area contributed by atoms with Crippen molar-refractivity contribution in [3.8, 4) is 22.6 Å². The molecule has 0 spiro atoms. The Kier molecular flexibility index (Phi) is 6.12. The minimum atomic E-state index is -0.951. The summed E-state index contributed by atoms with van der Waals surface area (Å²) >= 11 is 6.58. The Balaban J connectivity index is 1.33. The number of benzene rings is 3. The van der Waals surface area contributed by atoms with Crippen molar-refractivity contribution in [3.05, 3.63) is 81.4 Å². The molecule has 7 rings (SSSR count). The van der Waals surface area contributed by atoms with Gasteiger partial charge in [-0.25, -0.2) is 8.78 Å². The van der Waals surface area contributed by atoms with Crippen LogP contribution in [0.15, 0.2) is 42.5 Å². The number of aliphatic hydroxyl groups is 1. The van der Waals surface area contributed by atoms with E-state index in [0.717, 1.165) is 24.8 Å². The van der Waals surface area contributed by atoms with Crippen molar-refractivity contribution < 1.29 is 28.2 Å². The molecule has 2 fully saturated rings. The minimum Gasteiger partial charge on any atom is -0.486 e. The average molecular weight is 581 g/mol. The second-order valence-electron chi connectivity index (χ2n) is 12.2. The Morgan fingerprint density at radius 2 is 1.90 bits per heavy atom. The summed E-state index contributed by atoms with van der Waals surface area (Å²) in [6, 6.07) is 12.6. The van der Waals surface area contributed by atoms with E-state index in [4.69, 9.17) is 26.8 Å². The highest BCUT2D eigenvalue weighted by molar-refractivity contribution is 6.34. The van der Waals surface area contributed by atoms with Crippen molar-refractivity contribution in [2.75, 3.05) is 6.54 Å². The Morgan fingerprint density at radius 3 is 2.61 bits per heavy atom. The van der Waals surface area contributed by atoms with Gasteiger partial charge in [0.25, 0.3) is 0 Å². The number of halogens is 3. The highest BCUT2D eigenvalue weighted by atomic mass is 35.5. The largest absolute Gasteiger partial charge is 0.486 e. The Labute approximate surface area is 241 Å². The van der Waals surface area contributed by atoms with Crippen molar-refractivity contribution in [1.82, 2.24) is 5.32 Å². The Bertz CT molecular complexity index is 1570. The van der Waals surface area contributed by atoms with Crippen LogP contribution >= 0.6 is 11.6 Å². The van der Waals surface area contributed by atoms with Gasteiger partial charge in [0.15, 0.2) is 17.2 Å². The molecular formula is C32H31ClF2N2O4. The van der Waals surface area contributed by atoms with E-state index < -0.39 is 28.7 Å². The van der Waals surface area contributed by atoms with Gasteiger partial charge in [-0.05, 0) is 50.7 Å². The van der Waals surface area contributed by atoms with Crippen LogP contribution < -0.4 is 20.5 Å². The maximum Gasteiger partial charge on any atom is 0.249 e. The lowest BCUT2D eigenvalue weighted by atomic mass is 9.82.